The fraction of sp³-hybridized carbons (Fsp3) is 0.364. The Labute approximate surface area is 162 Å². The third-order valence-electron chi connectivity index (χ3n) is 4.64. The predicted molar refractivity (Wildman–Crippen MR) is 110 cm³/mol. The fourth-order valence-corrected chi connectivity index (χ4v) is 2.89. The highest BCUT2D eigenvalue weighted by atomic mass is 16.2. The molecule has 2 rings (SSSR count). The highest BCUT2D eigenvalue weighted by Gasteiger charge is 2.10. The molecule has 0 bridgehead atoms. The molecule has 0 atom stereocenters. The van der Waals surface area contributed by atoms with Crippen LogP contribution in [0.5, 0.6) is 0 Å². The third-order valence-corrected chi connectivity index (χ3v) is 4.64. The minimum Gasteiger partial charge on any atom is -0.323 e. The maximum atomic E-state index is 12.4. The zero-order chi connectivity index (χ0) is 19.6. The number of hydrogen-bond acceptors (Lipinski definition) is 3. The summed E-state index contributed by atoms with van der Waals surface area (Å²) in [6, 6.07) is 17.3. The summed E-state index contributed by atoms with van der Waals surface area (Å²) in [5, 5.41) is 11.9. The van der Waals surface area contributed by atoms with Gasteiger partial charge in [0.25, 0.3) is 0 Å². The van der Waals surface area contributed by atoms with Crippen LogP contribution in [-0.2, 0) is 13.0 Å². The number of urea groups is 1. The van der Waals surface area contributed by atoms with Crippen molar-refractivity contribution in [1.82, 2.24) is 9.80 Å². The van der Waals surface area contributed by atoms with Crippen LogP contribution in [0.15, 0.2) is 48.5 Å². The van der Waals surface area contributed by atoms with E-state index in [1.807, 2.05) is 24.3 Å². The molecule has 0 aliphatic rings. The lowest BCUT2D eigenvalue weighted by molar-refractivity contribution is 0.220. The zero-order valence-electron chi connectivity index (χ0n) is 16.4. The molecule has 1 N–H and O–H groups in total. The SMILES string of the molecule is CCN(CC)CCc1ccc(NC(=O)N(C)Cc2cccc(C#N)c2)cc1. The van der Waals surface area contributed by atoms with Gasteiger partial charge in [-0.3, -0.25) is 0 Å². The first kappa shape index (κ1) is 20.5. The molecule has 2 amide bonds. The molecule has 2 aromatic carbocycles. The Balaban J connectivity index is 1.88. The van der Waals surface area contributed by atoms with E-state index in [-0.39, 0.29) is 6.03 Å². The molecular weight excluding hydrogens is 336 g/mol. The Morgan fingerprint density at radius 1 is 1.07 bits per heavy atom. The van der Waals surface area contributed by atoms with Gasteiger partial charge in [-0.15, -0.1) is 0 Å². The smallest absolute Gasteiger partial charge is 0.321 e. The van der Waals surface area contributed by atoms with Gasteiger partial charge in [0.1, 0.15) is 0 Å². The average Bonchev–Trinajstić information content (AvgIpc) is 2.70. The minimum atomic E-state index is -0.173. The van der Waals surface area contributed by atoms with Gasteiger partial charge in [-0.1, -0.05) is 38.1 Å². The van der Waals surface area contributed by atoms with Crippen molar-refractivity contribution in [1.29, 1.82) is 5.26 Å². The lowest BCUT2D eigenvalue weighted by Crippen LogP contribution is -2.30. The number of nitrogens with one attached hydrogen (secondary N) is 1. The van der Waals surface area contributed by atoms with Gasteiger partial charge in [0.15, 0.2) is 0 Å². The number of anilines is 1. The second kappa shape index (κ2) is 10.3. The van der Waals surface area contributed by atoms with Crippen molar-refractivity contribution in [2.24, 2.45) is 0 Å². The molecule has 0 fully saturated rings. The monoisotopic (exact) mass is 364 g/mol. The van der Waals surface area contributed by atoms with Gasteiger partial charge in [0, 0.05) is 25.8 Å². The molecule has 0 radical (unpaired) electrons. The highest BCUT2D eigenvalue weighted by Crippen LogP contribution is 2.13. The highest BCUT2D eigenvalue weighted by molar-refractivity contribution is 5.89. The number of carbonyl (C=O) groups excluding carboxylic acids is 1. The van der Waals surface area contributed by atoms with E-state index in [1.165, 1.54) is 5.56 Å². The quantitative estimate of drug-likeness (QED) is 0.767. The molecule has 27 heavy (non-hydrogen) atoms. The van der Waals surface area contributed by atoms with Gasteiger partial charge < -0.3 is 15.1 Å². The molecule has 142 valence electrons. The van der Waals surface area contributed by atoms with Crippen molar-refractivity contribution in [3.05, 3.63) is 65.2 Å². The van der Waals surface area contributed by atoms with Gasteiger partial charge in [-0.2, -0.15) is 5.26 Å². The lowest BCUT2D eigenvalue weighted by atomic mass is 10.1. The largest absolute Gasteiger partial charge is 0.323 e. The minimum absolute atomic E-state index is 0.173. The van der Waals surface area contributed by atoms with Crippen LogP contribution < -0.4 is 5.32 Å². The molecule has 0 aliphatic heterocycles. The molecule has 2 aromatic rings. The van der Waals surface area contributed by atoms with E-state index in [0.29, 0.717) is 12.1 Å². The number of nitriles is 1. The van der Waals surface area contributed by atoms with Gasteiger partial charge in [-0.25, -0.2) is 4.79 Å². The van der Waals surface area contributed by atoms with Crippen molar-refractivity contribution in [2.45, 2.75) is 26.8 Å². The van der Waals surface area contributed by atoms with Crippen LogP contribution in [0.3, 0.4) is 0 Å². The van der Waals surface area contributed by atoms with Crippen molar-refractivity contribution >= 4 is 11.7 Å². The van der Waals surface area contributed by atoms with Gasteiger partial charge in [0.05, 0.1) is 11.6 Å². The number of carbonyl (C=O) groups is 1. The molecule has 0 saturated carbocycles. The Morgan fingerprint density at radius 3 is 2.41 bits per heavy atom. The van der Waals surface area contributed by atoms with Crippen LogP contribution in [0.4, 0.5) is 10.5 Å². The second-order valence-corrected chi connectivity index (χ2v) is 6.57. The van der Waals surface area contributed by atoms with Gasteiger partial charge >= 0.3 is 6.03 Å². The van der Waals surface area contributed by atoms with E-state index in [2.05, 4.69) is 42.3 Å². The number of rotatable bonds is 8. The summed E-state index contributed by atoms with van der Waals surface area (Å²) in [4.78, 5) is 16.4. The molecule has 0 spiro atoms. The summed E-state index contributed by atoms with van der Waals surface area (Å²) in [6.45, 7) is 7.97. The normalized spacial score (nSPS) is 10.5. The summed E-state index contributed by atoms with van der Waals surface area (Å²) in [7, 11) is 1.74. The van der Waals surface area contributed by atoms with Crippen LogP contribution in [0, 0.1) is 11.3 Å². The Morgan fingerprint density at radius 2 is 1.78 bits per heavy atom. The van der Waals surface area contributed by atoms with E-state index in [0.717, 1.165) is 37.3 Å². The number of likely N-dealkylation sites (N-methyl/N-ethyl adjacent to an activating group) is 1. The number of amides is 2. The lowest BCUT2D eigenvalue weighted by Gasteiger charge is -2.19. The maximum Gasteiger partial charge on any atom is 0.321 e. The summed E-state index contributed by atoms with van der Waals surface area (Å²) in [5.41, 5.74) is 3.57. The van der Waals surface area contributed by atoms with E-state index in [9.17, 15) is 4.79 Å². The Kier molecular flexibility index (Phi) is 7.84. The summed E-state index contributed by atoms with van der Waals surface area (Å²) >= 11 is 0. The fourth-order valence-electron chi connectivity index (χ4n) is 2.89. The van der Waals surface area contributed by atoms with E-state index < -0.39 is 0 Å². The number of benzene rings is 2. The third kappa shape index (κ3) is 6.43. The van der Waals surface area contributed by atoms with Crippen LogP contribution in [0.25, 0.3) is 0 Å². The first-order valence-corrected chi connectivity index (χ1v) is 9.38. The molecule has 0 saturated heterocycles. The standard InChI is InChI=1S/C22H28N4O/c1-4-26(5-2)14-13-18-9-11-21(12-10-18)24-22(27)25(3)17-20-8-6-7-19(15-20)16-23/h6-12,15H,4-5,13-14,17H2,1-3H3,(H,24,27). The average molecular weight is 364 g/mol. The van der Waals surface area contributed by atoms with Gasteiger partial charge in [-0.05, 0) is 54.9 Å². The first-order valence-electron chi connectivity index (χ1n) is 9.38. The predicted octanol–water partition coefficient (Wildman–Crippen LogP) is 4.11. The van der Waals surface area contributed by atoms with Crippen molar-refractivity contribution in [2.75, 3.05) is 32.0 Å². The summed E-state index contributed by atoms with van der Waals surface area (Å²) in [5.74, 6) is 0. The second-order valence-electron chi connectivity index (χ2n) is 6.57. The molecule has 5 heteroatoms. The molecule has 0 unspecified atom stereocenters. The van der Waals surface area contributed by atoms with Crippen LogP contribution in [0.2, 0.25) is 0 Å². The molecule has 0 aromatic heterocycles. The van der Waals surface area contributed by atoms with Crippen LogP contribution in [-0.4, -0.2) is 42.5 Å². The summed E-state index contributed by atoms with van der Waals surface area (Å²) < 4.78 is 0. The molecule has 5 nitrogen and oxygen atoms in total. The first-order chi connectivity index (χ1) is 13.0. The van der Waals surface area contributed by atoms with E-state index in [1.54, 1.807) is 24.1 Å². The molecule has 0 aliphatic carbocycles. The van der Waals surface area contributed by atoms with Crippen molar-refractivity contribution < 1.29 is 4.79 Å². The number of hydrogen-bond donors (Lipinski definition) is 1. The van der Waals surface area contributed by atoms with E-state index in [4.69, 9.17) is 5.26 Å². The van der Waals surface area contributed by atoms with Crippen LogP contribution >= 0.6 is 0 Å². The Hall–Kier alpha value is -2.84. The molecular formula is C22H28N4O. The number of nitrogens with zero attached hydrogens (tertiary/aromatic N) is 3. The zero-order valence-corrected chi connectivity index (χ0v) is 16.4. The van der Waals surface area contributed by atoms with E-state index >= 15 is 0 Å². The Bertz CT molecular complexity index is 776. The van der Waals surface area contributed by atoms with Gasteiger partial charge in [0.2, 0.25) is 0 Å². The topological polar surface area (TPSA) is 59.4 Å². The van der Waals surface area contributed by atoms with Crippen molar-refractivity contribution in [3.8, 4) is 6.07 Å². The van der Waals surface area contributed by atoms with Crippen molar-refractivity contribution in [3.63, 3.8) is 0 Å². The maximum absolute atomic E-state index is 12.4. The summed E-state index contributed by atoms with van der Waals surface area (Å²) in [6.07, 6.45) is 1.01. The van der Waals surface area contributed by atoms with Crippen LogP contribution in [0.1, 0.15) is 30.5 Å². The molecule has 0 heterocycles.